The first kappa shape index (κ1) is 14.0. The largest absolute Gasteiger partial charge is 0.497 e. The van der Waals surface area contributed by atoms with Gasteiger partial charge in [-0.05, 0) is 36.3 Å². The van der Waals surface area contributed by atoms with Gasteiger partial charge in [0.15, 0.2) is 5.78 Å². The zero-order valence-corrected chi connectivity index (χ0v) is 10.7. The van der Waals surface area contributed by atoms with Gasteiger partial charge in [0.1, 0.15) is 12.2 Å². The summed E-state index contributed by atoms with van der Waals surface area (Å²) in [6.45, 7) is 1.92. The molecule has 0 fully saturated rings. The number of hydrogen-bond acceptors (Lipinski definition) is 4. The highest BCUT2D eigenvalue weighted by Gasteiger charge is 2.06. The number of ketones is 1. The van der Waals surface area contributed by atoms with Crippen molar-refractivity contribution in [2.75, 3.05) is 14.2 Å². The second kappa shape index (κ2) is 6.59. The fourth-order valence-electron chi connectivity index (χ4n) is 1.42. The van der Waals surface area contributed by atoms with Crippen LogP contribution in [0.4, 0.5) is 0 Å². The van der Waals surface area contributed by atoms with Crippen molar-refractivity contribution >= 4 is 17.8 Å². The molecular weight excluding hydrogens is 232 g/mol. The van der Waals surface area contributed by atoms with Gasteiger partial charge in [0.25, 0.3) is 0 Å². The monoisotopic (exact) mass is 248 g/mol. The summed E-state index contributed by atoms with van der Waals surface area (Å²) in [5, 5.41) is 0. The molecule has 96 valence electrons. The van der Waals surface area contributed by atoms with E-state index >= 15 is 0 Å². The van der Waals surface area contributed by atoms with E-state index in [9.17, 15) is 9.59 Å². The Bertz CT molecular complexity index is 475. The van der Waals surface area contributed by atoms with Crippen molar-refractivity contribution in [3.05, 3.63) is 35.4 Å². The minimum absolute atomic E-state index is 0.234. The maximum atomic E-state index is 11.4. The minimum Gasteiger partial charge on any atom is -0.497 e. The molecule has 0 saturated carbocycles. The molecule has 0 N–H and O–H groups in total. The molecule has 1 aromatic rings. The van der Waals surface area contributed by atoms with Gasteiger partial charge in [-0.3, -0.25) is 9.59 Å². The van der Waals surface area contributed by atoms with Crippen LogP contribution in [0.3, 0.4) is 0 Å². The number of carbonyl (C=O) groups excluding carboxylic acids is 2. The Kier molecular flexibility index (Phi) is 5.11. The van der Waals surface area contributed by atoms with E-state index in [1.807, 2.05) is 25.1 Å². The van der Waals surface area contributed by atoms with E-state index < -0.39 is 5.97 Å². The first-order chi connectivity index (χ1) is 8.56. The van der Waals surface area contributed by atoms with Gasteiger partial charge < -0.3 is 9.47 Å². The van der Waals surface area contributed by atoms with Crippen LogP contribution < -0.4 is 4.74 Å². The van der Waals surface area contributed by atoms with Gasteiger partial charge in [-0.1, -0.05) is 12.1 Å². The molecule has 1 rings (SSSR count). The van der Waals surface area contributed by atoms with E-state index in [-0.39, 0.29) is 12.2 Å². The van der Waals surface area contributed by atoms with Gasteiger partial charge in [0.05, 0.1) is 14.2 Å². The molecule has 0 radical (unpaired) electrons. The van der Waals surface area contributed by atoms with Crippen molar-refractivity contribution in [2.45, 2.75) is 13.3 Å². The van der Waals surface area contributed by atoms with Crippen LogP contribution in [0.2, 0.25) is 0 Å². The van der Waals surface area contributed by atoms with E-state index in [2.05, 4.69) is 4.74 Å². The summed E-state index contributed by atoms with van der Waals surface area (Å²) in [7, 11) is 2.86. The number of allylic oxidation sites excluding steroid dienone is 1. The average molecular weight is 248 g/mol. The Hall–Kier alpha value is -2.10. The standard InChI is InChI=1S/C14H16O4/c1-10-8-13(17-2)7-5-11(10)4-6-12(15)9-14(16)18-3/h4-8H,9H2,1-3H3/b6-4+. The zero-order chi connectivity index (χ0) is 13.5. The average Bonchev–Trinajstić information content (AvgIpc) is 2.36. The Balaban J connectivity index is 2.72. The predicted octanol–water partition coefficient (Wildman–Crippen LogP) is 2.15. The fourth-order valence-corrected chi connectivity index (χ4v) is 1.42. The second-order valence-corrected chi connectivity index (χ2v) is 3.78. The second-order valence-electron chi connectivity index (χ2n) is 3.78. The number of rotatable bonds is 5. The molecule has 0 aliphatic carbocycles. The Morgan fingerprint density at radius 3 is 2.56 bits per heavy atom. The van der Waals surface area contributed by atoms with Crippen molar-refractivity contribution in [3.63, 3.8) is 0 Å². The third kappa shape index (κ3) is 4.05. The number of methoxy groups -OCH3 is 2. The van der Waals surface area contributed by atoms with Crippen LogP contribution in [-0.4, -0.2) is 26.0 Å². The van der Waals surface area contributed by atoms with Crippen LogP contribution >= 0.6 is 0 Å². The lowest BCUT2D eigenvalue weighted by Gasteiger charge is -2.03. The number of benzene rings is 1. The molecule has 4 heteroatoms. The Morgan fingerprint density at radius 1 is 1.28 bits per heavy atom. The van der Waals surface area contributed by atoms with Crippen molar-refractivity contribution < 1.29 is 19.1 Å². The molecule has 0 aliphatic rings. The minimum atomic E-state index is -0.531. The summed E-state index contributed by atoms with van der Waals surface area (Å²) < 4.78 is 9.51. The SMILES string of the molecule is COC(=O)CC(=O)/C=C/c1ccc(OC)cc1C. The van der Waals surface area contributed by atoms with Gasteiger partial charge in [-0.2, -0.15) is 0 Å². The van der Waals surface area contributed by atoms with Crippen LogP contribution in [0, 0.1) is 6.92 Å². The summed E-state index contributed by atoms with van der Waals surface area (Å²) in [6, 6.07) is 5.55. The van der Waals surface area contributed by atoms with Crippen LogP contribution in [0.25, 0.3) is 6.08 Å². The van der Waals surface area contributed by atoms with Gasteiger partial charge in [0, 0.05) is 0 Å². The topological polar surface area (TPSA) is 52.6 Å². The molecule has 1 aromatic carbocycles. The van der Waals surface area contributed by atoms with Crippen molar-refractivity contribution in [1.82, 2.24) is 0 Å². The molecule has 0 spiro atoms. The van der Waals surface area contributed by atoms with Crippen molar-refractivity contribution in [3.8, 4) is 5.75 Å². The van der Waals surface area contributed by atoms with Crippen LogP contribution in [0.15, 0.2) is 24.3 Å². The van der Waals surface area contributed by atoms with Gasteiger partial charge in [-0.15, -0.1) is 0 Å². The number of carbonyl (C=O) groups is 2. The molecule has 0 aliphatic heterocycles. The predicted molar refractivity (Wildman–Crippen MR) is 68.4 cm³/mol. The summed E-state index contributed by atoms with van der Waals surface area (Å²) in [6.07, 6.45) is 2.83. The van der Waals surface area contributed by atoms with Crippen LogP contribution in [0.1, 0.15) is 17.5 Å². The lowest BCUT2D eigenvalue weighted by atomic mass is 10.1. The van der Waals surface area contributed by atoms with Crippen LogP contribution in [-0.2, 0) is 14.3 Å². The third-order valence-electron chi connectivity index (χ3n) is 2.47. The van der Waals surface area contributed by atoms with Crippen molar-refractivity contribution in [2.24, 2.45) is 0 Å². The molecule has 0 amide bonds. The maximum absolute atomic E-state index is 11.4. The van der Waals surface area contributed by atoms with Crippen molar-refractivity contribution in [1.29, 1.82) is 0 Å². The third-order valence-corrected chi connectivity index (χ3v) is 2.47. The highest BCUT2D eigenvalue weighted by atomic mass is 16.5. The quantitative estimate of drug-likeness (QED) is 0.455. The molecular formula is C14H16O4. The summed E-state index contributed by atoms with van der Waals surface area (Å²) >= 11 is 0. The van der Waals surface area contributed by atoms with Gasteiger partial charge >= 0.3 is 5.97 Å². The van der Waals surface area contributed by atoms with E-state index in [0.717, 1.165) is 16.9 Å². The van der Waals surface area contributed by atoms with E-state index in [4.69, 9.17) is 4.74 Å². The van der Waals surface area contributed by atoms with Gasteiger partial charge in [-0.25, -0.2) is 0 Å². The maximum Gasteiger partial charge on any atom is 0.313 e. The highest BCUT2D eigenvalue weighted by molar-refractivity contribution is 6.03. The molecule has 0 aromatic heterocycles. The van der Waals surface area contributed by atoms with E-state index in [0.29, 0.717) is 0 Å². The molecule has 4 nitrogen and oxygen atoms in total. The summed E-state index contributed by atoms with van der Waals surface area (Å²) in [5.41, 5.74) is 1.91. The number of aryl methyl sites for hydroxylation is 1. The molecule has 0 unspecified atom stereocenters. The molecule has 0 atom stereocenters. The Labute approximate surface area is 106 Å². The van der Waals surface area contributed by atoms with Crippen LogP contribution in [0.5, 0.6) is 5.75 Å². The summed E-state index contributed by atoms with van der Waals surface area (Å²) in [5.74, 6) is -0.0429. The molecule has 0 saturated heterocycles. The first-order valence-electron chi connectivity index (χ1n) is 5.49. The number of esters is 1. The lowest BCUT2D eigenvalue weighted by Crippen LogP contribution is -2.06. The first-order valence-corrected chi connectivity index (χ1v) is 5.49. The molecule has 0 heterocycles. The van der Waals surface area contributed by atoms with E-state index in [1.54, 1.807) is 13.2 Å². The zero-order valence-electron chi connectivity index (χ0n) is 10.7. The normalized spacial score (nSPS) is 10.4. The number of hydrogen-bond donors (Lipinski definition) is 0. The molecule has 18 heavy (non-hydrogen) atoms. The molecule has 0 bridgehead atoms. The smallest absolute Gasteiger partial charge is 0.313 e. The highest BCUT2D eigenvalue weighted by Crippen LogP contribution is 2.17. The Morgan fingerprint density at radius 2 is 2.00 bits per heavy atom. The lowest BCUT2D eigenvalue weighted by molar-refractivity contribution is -0.142. The van der Waals surface area contributed by atoms with E-state index in [1.165, 1.54) is 13.2 Å². The fraction of sp³-hybridized carbons (Fsp3) is 0.286. The van der Waals surface area contributed by atoms with Gasteiger partial charge in [0.2, 0.25) is 0 Å². The number of ether oxygens (including phenoxy) is 2. The summed E-state index contributed by atoms with van der Waals surface area (Å²) in [4.78, 5) is 22.3.